The van der Waals surface area contributed by atoms with Gasteiger partial charge in [-0.3, -0.25) is 4.79 Å². The van der Waals surface area contributed by atoms with Gasteiger partial charge in [-0.1, -0.05) is 26.8 Å². The standard InChI is InChI=1S/C15H19NO5/c1-15(2,3)12(14(18)19)16-13(17)9-5-4-6-10-11(9)21-8-7-20-10/h4-6,12H,7-8H2,1-3H3,(H,16,17)(H,18,19)/t12-/m0/s1. The van der Waals surface area contributed by atoms with Crippen LogP contribution in [0, 0.1) is 5.41 Å². The third-order valence-corrected chi connectivity index (χ3v) is 3.20. The normalized spacial score (nSPS) is 15.2. The highest BCUT2D eigenvalue weighted by atomic mass is 16.6. The molecule has 0 saturated heterocycles. The number of ether oxygens (including phenoxy) is 2. The van der Waals surface area contributed by atoms with Crippen LogP contribution < -0.4 is 14.8 Å². The third-order valence-electron chi connectivity index (χ3n) is 3.20. The Morgan fingerprint density at radius 2 is 1.90 bits per heavy atom. The fourth-order valence-corrected chi connectivity index (χ4v) is 2.11. The monoisotopic (exact) mass is 293 g/mol. The number of fused-ring (bicyclic) bond motifs is 1. The minimum absolute atomic E-state index is 0.280. The molecule has 0 fully saturated rings. The lowest BCUT2D eigenvalue weighted by molar-refractivity contribution is -0.142. The Morgan fingerprint density at radius 3 is 2.52 bits per heavy atom. The lowest BCUT2D eigenvalue weighted by Crippen LogP contribution is -2.49. The van der Waals surface area contributed by atoms with Crippen molar-refractivity contribution in [1.29, 1.82) is 0 Å². The van der Waals surface area contributed by atoms with E-state index in [-0.39, 0.29) is 5.56 Å². The number of hydrogen-bond acceptors (Lipinski definition) is 4. The fourth-order valence-electron chi connectivity index (χ4n) is 2.11. The molecule has 1 aromatic rings. The number of hydrogen-bond donors (Lipinski definition) is 2. The number of amides is 1. The molecule has 1 heterocycles. The summed E-state index contributed by atoms with van der Waals surface area (Å²) in [4.78, 5) is 23.7. The number of nitrogens with one attached hydrogen (secondary N) is 1. The van der Waals surface area contributed by atoms with Crippen LogP contribution in [0.1, 0.15) is 31.1 Å². The lowest BCUT2D eigenvalue weighted by atomic mass is 9.86. The zero-order valence-electron chi connectivity index (χ0n) is 12.3. The molecule has 1 aliphatic rings. The summed E-state index contributed by atoms with van der Waals surface area (Å²) in [6.07, 6.45) is 0. The van der Waals surface area contributed by atoms with Gasteiger partial charge in [-0.15, -0.1) is 0 Å². The van der Waals surface area contributed by atoms with E-state index in [9.17, 15) is 14.7 Å². The number of aliphatic carboxylic acids is 1. The maximum Gasteiger partial charge on any atom is 0.326 e. The highest BCUT2D eigenvalue weighted by Crippen LogP contribution is 2.33. The molecule has 0 spiro atoms. The van der Waals surface area contributed by atoms with Crippen molar-refractivity contribution in [3.05, 3.63) is 23.8 Å². The first kappa shape index (κ1) is 15.2. The second-order valence-electron chi connectivity index (χ2n) is 5.94. The van der Waals surface area contributed by atoms with Gasteiger partial charge in [-0.2, -0.15) is 0 Å². The van der Waals surface area contributed by atoms with Gasteiger partial charge in [-0.25, -0.2) is 4.79 Å². The smallest absolute Gasteiger partial charge is 0.326 e. The van der Waals surface area contributed by atoms with Crippen LogP contribution >= 0.6 is 0 Å². The summed E-state index contributed by atoms with van der Waals surface area (Å²) in [5, 5.41) is 11.8. The lowest BCUT2D eigenvalue weighted by Gasteiger charge is -2.28. The summed E-state index contributed by atoms with van der Waals surface area (Å²) in [6.45, 7) is 6.06. The van der Waals surface area contributed by atoms with Gasteiger partial charge in [-0.05, 0) is 17.5 Å². The molecule has 0 aromatic heterocycles. The van der Waals surface area contributed by atoms with Gasteiger partial charge in [0, 0.05) is 0 Å². The molecule has 21 heavy (non-hydrogen) atoms. The highest BCUT2D eigenvalue weighted by molar-refractivity contribution is 5.99. The minimum Gasteiger partial charge on any atom is -0.486 e. The van der Waals surface area contributed by atoms with Gasteiger partial charge >= 0.3 is 5.97 Å². The molecule has 0 unspecified atom stereocenters. The molecule has 1 aromatic carbocycles. The van der Waals surface area contributed by atoms with Crippen molar-refractivity contribution in [2.75, 3.05) is 13.2 Å². The van der Waals surface area contributed by atoms with Crippen LogP contribution in [0.3, 0.4) is 0 Å². The molecule has 0 radical (unpaired) electrons. The zero-order chi connectivity index (χ0) is 15.6. The van der Waals surface area contributed by atoms with Crippen molar-refractivity contribution in [3.8, 4) is 11.5 Å². The summed E-state index contributed by atoms with van der Waals surface area (Å²) in [7, 11) is 0. The van der Waals surface area contributed by atoms with Crippen molar-refractivity contribution < 1.29 is 24.2 Å². The number of carbonyl (C=O) groups is 2. The van der Waals surface area contributed by atoms with E-state index >= 15 is 0 Å². The van der Waals surface area contributed by atoms with Crippen LogP contribution in [0.15, 0.2) is 18.2 Å². The molecule has 1 aliphatic heterocycles. The molecule has 1 atom stereocenters. The van der Waals surface area contributed by atoms with E-state index < -0.39 is 23.3 Å². The second-order valence-corrected chi connectivity index (χ2v) is 5.94. The first-order valence-electron chi connectivity index (χ1n) is 6.73. The number of rotatable bonds is 3. The number of carboxylic acids is 1. The molecule has 6 nitrogen and oxygen atoms in total. The Morgan fingerprint density at radius 1 is 1.24 bits per heavy atom. The largest absolute Gasteiger partial charge is 0.486 e. The van der Waals surface area contributed by atoms with Gasteiger partial charge < -0.3 is 19.9 Å². The van der Waals surface area contributed by atoms with Crippen molar-refractivity contribution in [2.24, 2.45) is 5.41 Å². The third kappa shape index (κ3) is 3.26. The van der Waals surface area contributed by atoms with Crippen LogP contribution in [-0.2, 0) is 4.79 Å². The van der Waals surface area contributed by atoms with E-state index in [0.717, 1.165) is 0 Å². The molecule has 2 N–H and O–H groups in total. The maximum absolute atomic E-state index is 12.4. The molecular formula is C15H19NO5. The van der Waals surface area contributed by atoms with Crippen molar-refractivity contribution >= 4 is 11.9 Å². The van der Waals surface area contributed by atoms with Crippen molar-refractivity contribution in [3.63, 3.8) is 0 Å². The Balaban J connectivity index is 2.26. The average molecular weight is 293 g/mol. The fraction of sp³-hybridized carbons (Fsp3) is 0.467. The molecule has 2 rings (SSSR count). The summed E-state index contributed by atoms with van der Waals surface area (Å²) < 4.78 is 10.9. The van der Waals surface area contributed by atoms with Crippen molar-refractivity contribution in [2.45, 2.75) is 26.8 Å². The molecule has 1 amide bonds. The van der Waals surface area contributed by atoms with Crippen LogP contribution in [0.5, 0.6) is 11.5 Å². The molecule has 0 aliphatic carbocycles. The quantitative estimate of drug-likeness (QED) is 0.885. The summed E-state index contributed by atoms with van der Waals surface area (Å²) in [6, 6.07) is 3.98. The Hall–Kier alpha value is -2.24. The summed E-state index contributed by atoms with van der Waals surface area (Å²) in [5.41, 5.74) is -0.323. The van der Waals surface area contributed by atoms with Crippen LogP contribution in [0.2, 0.25) is 0 Å². The van der Waals surface area contributed by atoms with E-state index in [0.29, 0.717) is 24.7 Å². The van der Waals surface area contributed by atoms with Crippen LogP contribution in [-0.4, -0.2) is 36.2 Å². The molecular weight excluding hydrogens is 274 g/mol. The summed E-state index contributed by atoms with van der Waals surface area (Å²) in [5.74, 6) is -0.701. The number of carbonyl (C=O) groups excluding carboxylic acids is 1. The van der Waals surface area contributed by atoms with Crippen LogP contribution in [0.25, 0.3) is 0 Å². The number of para-hydroxylation sites is 1. The Labute approximate surface area is 123 Å². The molecule has 0 bridgehead atoms. The minimum atomic E-state index is -1.07. The Kier molecular flexibility index (Phi) is 4.06. The predicted molar refractivity (Wildman–Crippen MR) is 75.8 cm³/mol. The first-order chi connectivity index (χ1) is 9.80. The Bertz CT molecular complexity index is 562. The van der Waals surface area contributed by atoms with Crippen LogP contribution in [0.4, 0.5) is 0 Å². The van der Waals surface area contributed by atoms with Crippen molar-refractivity contribution in [1.82, 2.24) is 5.32 Å². The SMILES string of the molecule is CC(C)(C)[C@@H](NC(=O)c1cccc2c1OCCO2)C(=O)O. The molecule has 114 valence electrons. The van der Waals surface area contributed by atoms with E-state index in [2.05, 4.69) is 5.32 Å². The topological polar surface area (TPSA) is 84.9 Å². The highest BCUT2D eigenvalue weighted by Gasteiger charge is 2.33. The van der Waals surface area contributed by atoms with Gasteiger partial charge in [0.2, 0.25) is 0 Å². The molecule has 6 heteroatoms. The van der Waals surface area contributed by atoms with Gasteiger partial charge in [0.25, 0.3) is 5.91 Å². The predicted octanol–water partition coefficient (Wildman–Crippen LogP) is 1.69. The summed E-state index contributed by atoms with van der Waals surface area (Å²) >= 11 is 0. The average Bonchev–Trinajstić information content (AvgIpc) is 2.42. The molecule has 0 saturated carbocycles. The maximum atomic E-state index is 12.4. The van der Waals surface area contributed by atoms with Gasteiger partial charge in [0.1, 0.15) is 19.3 Å². The zero-order valence-corrected chi connectivity index (χ0v) is 12.3. The number of carboxylic acid groups (broad SMARTS) is 1. The second kappa shape index (κ2) is 5.63. The van der Waals surface area contributed by atoms with E-state index in [1.807, 2.05) is 0 Å². The van der Waals surface area contributed by atoms with Gasteiger partial charge in [0.15, 0.2) is 11.5 Å². The number of benzene rings is 1. The van der Waals surface area contributed by atoms with E-state index in [1.54, 1.807) is 39.0 Å². The van der Waals surface area contributed by atoms with Gasteiger partial charge in [0.05, 0.1) is 5.56 Å². The van der Waals surface area contributed by atoms with E-state index in [1.165, 1.54) is 0 Å². The van der Waals surface area contributed by atoms with E-state index in [4.69, 9.17) is 9.47 Å². The first-order valence-corrected chi connectivity index (χ1v) is 6.73.